The van der Waals surface area contributed by atoms with Gasteiger partial charge in [-0.05, 0) is 20.5 Å². The van der Waals surface area contributed by atoms with Crippen molar-refractivity contribution in [3.63, 3.8) is 0 Å². The molecule has 1 aliphatic heterocycles. The Kier molecular flexibility index (Phi) is 2.69. The van der Waals surface area contributed by atoms with Crippen molar-refractivity contribution in [3.8, 4) is 0 Å². The summed E-state index contributed by atoms with van der Waals surface area (Å²) in [7, 11) is 4.40. The Labute approximate surface area is 63.8 Å². The fourth-order valence-corrected chi connectivity index (χ4v) is 1.70. The Hall–Kier alpha value is -0.0800. The summed E-state index contributed by atoms with van der Waals surface area (Å²) in [4.78, 5) is 4.81. The summed E-state index contributed by atoms with van der Waals surface area (Å²) >= 11 is 0. The van der Waals surface area contributed by atoms with Gasteiger partial charge in [-0.3, -0.25) is 9.80 Å². The minimum Gasteiger partial charge on any atom is -0.292 e. The Balaban J connectivity index is 2.31. The van der Waals surface area contributed by atoms with Crippen molar-refractivity contribution in [2.45, 2.75) is 25.8 Å². The monoisotopic (exact) mass is 142 g/mol. The van der Waals surface area contributed by atoms with Crippen LogP contribution in [0.25, 0.3) is 0 Å². The second-order valence-electron chi connectivity index (χ2n) is 3.38. The molecule has 1 fully saturated rings. The minimum absolute atomic E-state index is 0.815. The molecule has 0 saturated carbocycles. The minimum atomic E-state index is 0.815. The maximum atomic E-state index is 2.43. The zero-order valence-electron chi connectivity index (χ0n) is 7.30. The van der Waals surface area contributed by atoms with Gasteiger partial charge in [0, 0.05) is 12.6 Å². The summed E-state index contributed by atoms with van der Waals surface area (Å²) in [5.41, 5.74) is 0. The normalized spacial score (nSPS) is 29.7. The molecule has 0 aliphatic carbocycles. The van der Waals surface area contributed by atoms with E-state index in [1.54, 1.807) is 0 Å². The van der Waals surface area contributed by atoms with E-state index in [2.05, 4.69) is 30.8 Å². The van der Waals surface area contributed by atoms with Crippen LogP contribution in [0.3, 0.4) is 0 Å². The van der Waals surface area contributed by atoms with Crippen LogP contribution in [0.4, 0.5) is 0 Å². The van der Waals surface area contributed by atoms with E-state index in [-0.39, 0.29) is 0 Å². The van der Waals surface area contributed by atoms with E-state index in [0.717, 1.165) is 12.7 Å². The van der Waals surface area contributed by atoms with Gasteiger partial charge in [0.1, 0.15) is 0 Å². The van der Waals surface area contributed by atoms with Crippen LogP contribution in [0.15, 0.2) is 0 Å². The van der Waals surface area contributed by atoms with Crippen LogP contribution < -0.4 is 0 Å². The van der Waals surface area contributed by atoms with Crippen molar-refractivity contribution in [2.75, 3.05) is 27.3 Å². The number of likely N-dealkylation sites (N-methyl/N-ethyl adjacent to an activating group) is 2. The smallest absolute Gasteiger partial charge is 0.0504 e. The van der Waals surface area contributed by atoms with Crippen LogP contribution in [0.5, 0.6) is 0 Å². The van der Waals surface area contributed by atoms with Crippen molar-refractivity contribution in [1.29, 1.82) is 0 Å². The number of hydrogen-bond donors (Lipinski definition) is 0. The second-order valence-corrected chi connectivity index (χ2v) is 3.38. The molecule has 0 spiro atoms. The molecule has 1 saturated heterocycles. The highest BCUT2D eigenvalue weighted by Crippen LogP contribution is 2.12. The van der Waals surface area contributed by atoms with E-state index < -0.39 is 0 Å². The lowest BCUT2D eigenvalue weighted by atomic mass is 10.2. The van der Waals surface area contributed by atoms with Gasteiger partial charge in [-0.15, -0.1) is 0 Å². The molecule has 2 heteroatoms. The SMILES string of the molecule is CCCC1CN(C)CN1C. The molecule has 1 atom stereocenters. The molecule has 10 heavy (non-hydrogen) atoms. The first-order valence-corrected chi connectivity index (χ1v) is 4.12. The molecule has 1 unspecified atom stereocenters. The molecule has 0 bridgehead atoms. The summed E-state index contributed by atoms with van der Waals surface area (Å²) in [5.74, 6) is 0. The van der Waals surface area contributed by atoms with E-state index in [1.807, 2.05) is 0 Å². The van der Waals surface area contributed by atoms with Crippen LogP contribution in [0, 0.1) is 0 Å². The topological polar surface area (TPSA) is 6.48 Å². The van der Waals surface area contributed by atoms with Gasteiger partial charge in [-0.1, -0.05) is 13.3 Å². The third-order valence-corrected chi connectivity index (χ3v) is 2.23. The Morgan fingerprint density at radius 3 is 2.50 bits per heavy atom. The maximum Gasteiger partial charge on any atom is 0.0504 e. The highest BCUT2D eigenvalue weighted by molar-refractivity contribution is 4.77. The molecule has 1 heterocycles. The van der Waals surface area contributed by atoms with Crippen LogP contribution in [-0.2, 0) is 0 Å². The molecular formula is C8H18N2. The van der Waals surface area contributed by atoms with Gasteiger partial charge in [0.05, 0.1) is 6.67 Å². The molecule has 0 aromatic heterocycles. The molecule has 2 nitrogen and oxygen atoms in total. The van der Waals surface area contributed by atoms with E-state index in [1.165, 1.54) is 19.4 Å². The number of rotatable bonds is 2. The molecule has 0 amide bonds. The van der Waals surface area contributed by atoms with Crippen molar-refractivity contribution in [2.24, 2.45) is 0 Å². The largest absolute Gasteiger partial charge is 0.292 e. The zero-order chi connectivity index (χ0) is 7.56. The van der Waals surface area contributed by atoms with Crippen molar-refractivity contribution in [3.05, 3.63) is 0 Å². The summed E-state index contributed by atoms with van der Waals surface area (Å²) in [6.07, 6.45) is 2.66. The molecule has 60 valence electrons. The molecule has 1 rings (SSSR count). The molecule has 0 N–H and O–H groups in total. The number of nitrogens with zero attached hydrogens (tertiary/aromatic N) is 2. The Morgan fingerprint density at radius 2 is 2.10 bits per heavy atom. The van der Waals surface area contributed by atoms with Gasteiger partial charge in [0.2, 0.25) is 0 Å². The van der Waals surface area contributed by atoms with E-state index in [9.17, 15) is 0 Å². The van der Waals surface area contributed by atoms with E-state index in [0.29, 0.717) is 0 Å². The first-order chi connectivity index (χ1) is 4.74. The second kappa shape index (κ2) is 3.35. The lowest BCUT2D eigenvalue weighted by Crippen LogP contribution is -2.26. The third-order valence-electron chi connectivity index (χ3n) is 2.23. The Bertz CT molecular complexity index is 103. The average molecular weight is 142 g/mol. The van der Waals surface area contributed by atoms with Gasteiger partial charge < -0.3 is 0 Å². The predicted molar refractivity (Wildman–Crippen MR) is 44.0 cm³/mol. The fraction of sp³-hybridized carbons (Fsp3) is 1.00. The summed E-state index contributed by atoms with van der Waals surface area (Å²) < 4.78 is 0. The maximum absolute atomic E-state index is 2.43. The molecule has 0 aromatic carbocycles. The predicted octanol–water partition coefficient (Wildman–Crippen LogP) is 0.990. The molecule has 1 aliphatic rings. The summed E-state index contributed by atoms with van der Waals surface area (Å²) in [6.45, 7) is 4.65. The van der Waals surface area contributed by atoms with Gasteiger partial charge in [0.25, 0.3) is 0 Å². The lowest BCUT2D eigenvalue weighted by molar-refractivity contribution is 0.277. The quantitative estimate of drug-likeness (QED) is 0.567. The highest BCUT2D eigenvalue weighted by atomic mass is 15.4. The molecule has 0 radical (unpaired) electrons. The van der Waals surface area contributed by atoms with E-state index in [4.69, 9.17) is 0 Å². The van der Waals surface area contributed by atoms with Gasteiger partial charge in [0.15, 0.2) is 0 Å². The van der Waals surface area contributed by atoms with Crippen LogP contribution in [0.1, 0.15) is 19.8 Å². The highest BCUT2D eigenvalue weighted by Gasteiger charge is 2.23. The van der Waals surface area contributed by atoms with Crippen LogP contribution >= 0.6 is 0 Å². The Morgan fingerprint density at radius 1 is 1.40 bits per heavy atom. The molecular weight excluding hydrogens is 124 g/mol. The third kappa shape index (κ3) is 1.70. The van der Waals surface area contributed by atoms with Gasteiger partial charge >= 0.3 is 0 Å². The van der Waals surface area contributed by atoms with Crippen molar-refractivity contribution >= 4 is 0 Å². The lowest BCUT2D eigenvalue weighted by Gasteiger charge is -2.16. The van der Waals surface area contributed by atoms with Crippen molar-refractivity contribution in [1.82, 2.24) is 9.80 Å². The van der Waals surface area contributed by atoms with Gasteiger partial charge in [-0.25, -0.2) is 0 Å². The van der Waals surface area contributed by atoms with Crippen LogP contribution in [-0.4, -0.2) is 43.2 Å². The van der Waals surface area contributed by atoms with Gasteiger partial charge in [-0.2, -0.15) is 0 Å². The average Bonchev–Trinajstić information content (AvgIpc) is 2.13. The summed E-state index contributed by atoms with van der Waals surface area (Å²) in [6, 6.07) is 0.815. The fourth-order valence-electron chi connectivity index (χ4n) is 1.70. The first-order valence-electron chi connectivity index (χ1n) is 4.12. The zero-order valence-corrected chi connectivity index (χ0v) is 7.30. The first kappa shape index (κ1) is 8.02. The molecule has 0 aromatic rings. The van der Waals surface area contributed by atoms with Crippen molar-refractivity contribution < 1.29 is 0 Å². The standard InChI is InChI=1S/C8H18N2/c1-4-5-8-6-9(2)7-10(8)3/h8H,4-7H2,1-3H3. The van der Waals surface area contributed by atoms with Crippen LogP contribution in [0.2, 0.25) is 0 Å². The summed E-state index contributed by atoms with van der Waals surface area (Å²) in [5, 5.41) is 0. The number of hydrogen-bond acceptors (Lipinski definition) is 2. The van der Waals surface area contributed by atoms with E-state index >= 15 is 0 Å².